The first kappa shape index (κ1) is 17.9. The van der Waals surface area contributed by atoms with Gasteiger partial charge in [-0.15, -0.1) is 5.10 Å². The number of amides is 1. The Morgan fingerprint density at radius 3 is 2.27 bits per heavy atom. The van der Waals surface area contributed by atoms with E-state index in [2.05, 4.69) is 10.1 Å². The smallest absolute Gasteiger partial charge is 0.285 e. The molecular weight excluding hydrogens is 369 g/mol. The molecule has 2 aromatic carbocycles. The lowest BCUT2D eigenvalue weighted by Crippen LogP contribution is -2.30. The standard InChI is InChI=1S/C17H12ClF3N4O/c1-10-2-4-11(5-3-10)14-22-16(23-15(26)17(19,20)21)24-25(14)13-8-6-12(18)7-9-13/h2-9H,1H3,(H,23,24,26). The molecule has 0 fully saturated rings. The summed E-state index contributed by atoms with van der Waals surface area (Å²) in [5.74, 6) is -2.30. The number of alkyl halides is 3. The number of nitrogens with one attached hydrogen (secondary N) is 1. The molecule has 1 aromatic heterocycles. The van der Waals surface area contributed by atoms with Gasteiger partial charge in [0.1, 0.15) is 0 Å². The van der Waals surface area contributed by atoms with Gasteiger partial charge >= 0.3 is 12.1 Å². The van der Waals surface area contributed by atoms with E-state index in [9.17, 15) is 18.0 Å². The third-order valence-corrected chi connectivity index (χ3v) is 3.72. The minimum Gasteiger partial charge on any atom is -0.285 e. The number of aromatic nitrogens is 3. The number of anilines is 1. The van der Waals surface area contributed by atoms with E-state index in [0.29, 0.717) is 16.3 Å². The number of aryl methyl sites for hydroxylation is 1. The molecule has 0 saturated heterocycles. The predicted octanol–water partition coefficient (Wildman–Crippen LogP) is 4.40. The molecular formula is C17H12ClF3N4O. The van der Waals surface area contributed by atoms with Gasteiger partial charge in [0.25, 0.3) is 0 Å². The van der Waals surface area contributed by atoms with Crippen molar-refractivity contribution in [2.24, 2.45) is 0 Å². The second kappa shape index (κ2) is 6.80. The fraction of sp³-hybridized carbons (Fsp3) is 0.118. The van der Waals surface area contributed by atoms with E-state index in [-0.39, 0.29) is 5.82 Å². The average molecular weight is 381 g/mol. The number of carbonyl (C=O) groups is 1. The third-order valence-electron chi connectivity index (χ3n) is 3.47. The normalized spacial score (nSPS) is 11.4. The van der Waals surface area contributed by atoms with Crippen LogP contribution in [0.5, 0.6) is 0 Å². The van der Waals surface area contributed by atoms with E-state index >= 15 is 0 Å². The van der Waals surface area contributed by atoms with Crippen LogP contribution in [-0.2, 0) is 4.79 Å². The highest BCUT2D eigenvalue weighted by Crippen LogP contribution is 2.25. The van der Waals surface area contributed by atoms with Crippen LogP contribution in [0.15, 0.2) is 48.5 Å². The Hall–Kier alpha value is -2.87. The number of rotatable bonds is 3. The summed E-state index contributed by atoms with van der Waals surface area (Å²) in [6.45, 7) is 1.91. The molecule has 1 amide bonds. The van der Waals surface area contributed by atoms with Crippen molar-refractivity contribution in [1.29, 1.82) is 0 Å². The molecule has 134 valence electrons. The van der Waals surface area contributed by atoms with E-state index in [1.165, 1.54) is 4.68 Å². The molecule has 0 bridgehead atoms. The summed E-state index contributed by atoms with van der Waals surface area (Å²) in [5.41, 5.74) is 2.17. The highest BCUT2D eigenvalue weighted by Gasteiger charge is 2.39. The summed E-state index contributed by atoms with van der Waals surface area (Å²) in [4.78, 5) is 15.2. The summed E-state index contributed by atoms with van der Waals surface area (Å²) in [7, 11) is 0. The van der Waals surface area contributed by atoms with E-state index in [1.807, 2.05) is 19.1 Å². The van der Waals surface area contributed by atoms with Gasteiger partial charge in [0.15, 0.2) is 5.82 Å². The van der Waals surface area contributed by atoms with Crippen LogP contribution in [0.1, 0.15) is 5.56 Å². The molecule has 0 aliphatic rings. The quantitative estimate of drug-likeness (QED) is 0.732. The molecule has 1 N–H and O–H groups in total. The molecule has 9 heteroatoms. The van der Waals surface area contributed by atoms with Gasteiger partial charge in [-0.05, 0) is 31.2 Å². The molecule has 3 aromatic rings. The van der Waals surface area contributed by atoms with E-state index in [0.717, 1.165) is 5.56 Å². The Morgan fingerprint density at radius 1 is 1.08 bits per heavy atom. The molecule has 5 nitrogen and oxygen atoms in total. The number of nitrogens with zero attached hydrogens (tertiary/aromatic N) is 3. The summed E-state index contributed by atoms with van der Waals surface area (Å²) in [5, 5.41) is 6.16. The Kier molecular flexibility index (Phi) is 4.69. The van der Waals surface area contributed by atoms with Crippen LogP contribution < -0.4 is 5.32 Å². The van der Waals surface area contributed by atoms with Crippen molar-refractivity contribution < 1.29 is 18.0 Å². The molecule has 0 unspecified atom stereocenters. The van der Waals surface area contributed by atoms with Crippen LogP contribution in [0.3, 0.4) is 0 Å². The van der Waals surface area contributed by atoms with Crippen molar-refractivity contribution in [2.45, 2.75) is 13.1 Å². The molecule has 0 aliphatic heterocycles. The SMILES string of the molecule is Cc1ccc(-c2nc(NC(=O)C(F)(F)F)nn2-c2ccc(Cl)cc2)cc1. The van der Waals surface area contributed by atoms with Gasteiger partial charge in [-0.25, -0.2) is 4.68 Å². The summed E-state index contributed by atoms with van der Waals surface area (Å²) < 4.78 is 38.8. The second-order valence-electron chi connectivity index (χ2n) is 5.47. The van der Waals surface area contributed by atoms with E-state index < -0.39 is 18.0 Å². The zero-order valence-corrected chi connectivity index (χ0v) is 14.1. The zero-order chi connectivity index (χ0) is 18.9. The van der Waals surface area contributed by atoms with E-state index in [1.54, 1.807) is 41.7 Å². The number of benzene rings is 2. The lowest BCUT2D eigenvalue weighted by Gasteiger charge is -2.06. The van der Waals surface area contributed by atoms with Crippen LogP contribution >= 0.6 is 11.6 Å². The first-order chi connectivity index (χ1) is 12.2. The molecule has 0 aliphatic carbocycles. The average Bonchev–Trinajstić information content (AvgIpc) is 2.99. The number of halogens is 4. The maximum atomic E-state index is 12.5. The van der Waals surface area contributed by atoms with E-state index in [4.69, 9.17) is 11.6 Å². The Bertz CT molecular complexity index is 871. The molecule has 0 spiro atoms. The van der Waals surface area contributed by atoms with Gasteiger partial charge < -0.3 is 0 Å². The van der Waals surface area contributed by atoms with Gasteiger partial charge in [-0.1, -0.05) is 41.4 Å². The largest absolute Gasteiger partial charge is 0.471 e. The maximum Gasteiger partial charge on any atom is 0.471 e. The topological polar surface area (TPSA) is 59.8 Å². The summed E-state index contributed by atoms with van der Waals surface area (Å²) in [6.07, 6.45) is -5.03. The van der Waals surface area contributed by atoms with Gasteiger partial charge in [0, 0.05) is 10.6 Å². The van der Waals surface area contributed by atoms with Crippen molar-refractivity contribution in [3.63, 3.8) is 0 Å². The first-order valence-electron chi connectivity index (χ1n) is 7.42. The van der Waals surface area contributed by atoms with Crippen molar-refractivity contribution in [3.8, 4) is 17.1 Å². The van der Waals surface area contributed by atoms with Crippen LogP contribution in [0.2, 0.25) is 5.02 Å². The zero-order valence-electron chi connectivity index (χ0n) is 13.4. The Balaban J connectivity index is 2.07. The van der Waals surface area contributed by atoms with Crippen molar-refractivity contribution in [2.75, 3.05) is 5.32 Å². The maximum absolute atomic E-state index is 12.5. The molecule has 3 rings (SSSR count). The molecule has 26 heavy (non-hydrogen) atoms. The number of carbonyl (C=O) groups excluding carboxylic acids is 1. The predicted molar refractivity (Wildman–Crippen MR) is 91.2 cm³/mol. The van der Waals surface area contributed by atoms with Crippen LogP contribution in [0, 0.1) is 6.92 Å². The fourth-order valence-electron chi connectivity index (χ4n) is 2.19. The van der Waals surface area contributed by atoms with Crippen LogP contribution in [0.4, 0.5) is 19.1 Å². The van der Waals surface area contributed by atoms with Crippen LogP contribution in [-0.4, -0.2) is 26.8 Å². The lowest BCUT2D eigenvalue weighted by molar-refractivity contribution is -0.167. The minimum atomic E-state index is -5.03. The van der Waals surface area contributed by atoms with Gasteiger partial charge in [0.05, 0.1) is 5.69 Å². The molecule has 0 atom stereocenters. The van der Waals surface area contributed by atoms with Gasteiger partial charge in [-0.3, -0.25) is 10.1 Å². The molecule has 1 heterocycles. The Morgan fingerprint density at radius 2 is 1.69 bits per heavy atom. The molecule has 0 saturated carbocycles. The summed E-state index contributed by atoms with van der Waals surface area (Å²) >= 11 is 5.87. The van der Waals surface area contributed by atoms with Gasteiger partial charge in [-0.2, -0.15) is 18.2 Å². The van der Waals surface area contributed by atoms with Crippen molar-refractivity contribution in [1.82, 2.24) is 14.8 Å². The minimum absolute atomic E-state index is 0.282. The van der Waals surface area contributed by atoms with Crippen molar-refractivity contribution in [3.05, 3.63) is 59.1 Å². The summed E-state index contributed by atoms with van der Waals surface area (Å²) in [6, 6.07) is 13.7. The first-order valence-corrected chi connectivity index (χ1v) is 7.80. The highest BCUT2D eigenvalue weighted by atomic mass is 35.5. The monoisotopic (exact) mass is 380 g/mol. The molecule has 0 radical (unpaired) electrons. The number of hydrogen-bond acceptors (Lipinski definition) is 3. The third kappa shape index (κ3) is 3.85. The fourth-order valence-corrected chi connectivity index (χ4v) is 2.32. The number of hydrogen-bond donors (Lipinski definition) is 1. The van der Waals surface area contributed by atoms with Gasteiger partial charge in [0.2, 0.25) is 5.95 Å². The lowest BCUT2D eigenvalue weighted by atomic mass is 10.1. The van der Waals surface area contributed by atoms with Crippen LogP contribution in [0.25, 0.3) is 17.1 Å². The Labute approximate surface area is 151 Å². The van der Waals surface area contributed by atoms with Crippen molar-refractivity contribution >= 4 is 23.5 Å². The second-order valence-corrected chi connectivity index (χ2v) is 5.90. The highest BCUT2D eigenvalue weighted by molar-refractivity contribution is 6.30.